The van der Waals surface area contributed by atoms with Gasteiger partial charge in [-0.2, -0.15) is 0 Å². The minimum atomic E-state index is 0.418. The number of fused-ring (bicyclic) bond motifs is 1. The lowest BCUT2D eigenvalue weighted by atomic mass is 10.3. The maximum absolute atomic E-state index is 10.4. The van der Waals surface area contributed by atoms with Crippen LogP contribution in [0.5, 0.6) is 0 Å². The van der Waals surface area contributed by atoms with E-state index >= 15 is 0 Å². The van der Waals surface area contributed by atoms with Crippen LogP contribution in [0.25, 0.3) is 11.0 Å². The number of aromatic amines is 1. The molecule has 0 spiro atoms. The lowest BCUT2D eigenvalue weighted by Gasteiger charge is -1.87. The van der Waals surface area contributed by atoms with Gasteiger partial charge in [-0.25, -0.2) is 4.98 Å². The second-order valence-electron chi connectivity index (χ2n) is 2.41. The number of hydrogen-bond donors (Lipinski definition) is 1. The predicted octanol–water partition coefficient (Wildman–Crippen LogP) is 2.03. The first kappa shape index (κ1) is 7.31. The van der Waals surface area contributed by atoms with Crippen LogP contribution in [-0.2, 0) is 0 Å². The van der Waals surface area contributed by atoms with Gasteiger partial charge in [0.05, 0.1) is 5.69 Å². The van der Waals surface area contributed by atoms with Crippen molar-refractivity contribution in [1.82, 2.24) is 9.97 Å². The minimum Gasteiger partial charge on any atom is -0.337 e. The van der Waals surface area contributed by atoms with E-state index in [-0.39, 0.29) is 0 Å². The first-order valence-corrected chi connectivity index (χ1v) is 3.78. The Morgan fingerprint density at radius 1 is 1.50 bits per heavy atom. The number of rotatable bonds is 1. The smallest absolute Gasteiger partial charge is 0.166 e. The summed E-state index contributed by atoms with van der Waals surface area (Å²) in [5.41, 5.74) is 1.16. The molecule has 0 fully saturated rings. The monoisotopic (exact) mass is 180 g/mol. The maximum atomic E-state index is 10.4. The molecule has 60 valence electrons. The van der Waals surface area contributed by atoms with Crippen LogP contribution in [0.3, 0.4) is 0 Å². The number of carbonyl (C=O) groups is 1. The van der Waals surface area contributed by atoms with Gasteiger partial charge in [-0.05, 0) is 18.2 Å². The van der Waals surface area contributed by atoms with E-state index in [1.54, 1.807) is 12.1 Å². The van der Waals surface area contributed by atoms with Gasteiger partial charge >= 0.3 is 0 Å². The van der Waals surface area contributed by atoms with E-state index in [2.05, 4.69) is 9.97 Å². The fourth-order valence-electron chi connectivity index (χ4n) is 1.07. The van der Waals surface area contributed by atoms with Gasteiger partial charge in [0.25, 0.3) is 0 Å². The highest BCUT2D eigenvalue weighted by molar-refractivity contribution is 6.29. The Morgan fingerprint density at radius 2 is 2.33 bits per heavy atom. The Balaban J connectivity index is 2.75. The van der Waals surface area contributed by atoms with Gasteiger partial charge in [-0.1, -0.05) is 11.6 Å². The zero-order chi connectivity index (χ0) is 8.55. The summed E-state index contributed by atoms with van der Waals surface area (Å²) in [6, 6.07) is 5.23. The molecular weight excluding hydrogens is 176 g/mol. The molecule has 0 aliphatic rings. The Morgan fingerprint density at radius 3 is 3.08 bits per heavy atom. The van der Waals surface area contributed by atoms with Crippen LogP contribution in [0.1, 0.15) is 10.5 Å². The van der Waals surface area contributed by atoms with Gasteiger partial charge in [0.15, 0.2) is 6.29 Å². The summed E-state index contributed by atoms with van der Waals surface area (Å²) in [6.45, 7) is 0. The summed E-state index contributed by atoms with van der Waals surface area (Å²) < 4.78 is 0. The van der Waals surface area contributed by atoms with Crippen molar-refractivity contribution < 1.29 is 4.79 Å². The second-order valence-corrected chi connectivity index (χ2v) is 2.80. The average Bonchev–Trinajstić information content (AvgIpc) is 2.46. The van der Waals surface area contributed by atoms with Gasteiger partial charge in [-0.3, -0.25) is 4.79 Å². The lowest BCUT2D eigenvalue weighted by molar-refractivity contribution is 0.112. The molecule has 3 nitrogen and oxygen atoms in total. The highest BCUT2D eigenvalue weighted by Gasteiger charge is 2.00. The van der Waals surface area contributed by atoms with Gasteiger partial charge in [0.2, 0.25) is 0 Å². The van der Waals surface area contributed by atoms with E-state index in [4.69, 9.17) is 11.6 Å². The summed E-state index contributed by atoms with van der Waals surface area (Å²) in [6.07, 6.45) is 0.746. The fraction of sp³-hybridized carbons (Fsp3) is 0. The van der Waals surface area contributed by atoms with Crippen LogP contribution in [0, 0.1) is 0 Å². The molecule has 0 bridgehead atoms. The molecule has 4 heteroatoms. The Labute approximate surface area is 73.4 Å². The molecule has 0 saturated carbocycles. The first-order valence-electron chi connectivity index (χ1n) is 3.40. The Bertz CT molecular complexity index is 436. The molecular formula is C8H5ClN2O. The summed E-state index contributed by atoms with van der Waals surface area (Å²) in [5, 5.41) is 1.31. The third-order valence-electron chi connectivity index (χ3n) is 1.59. The molecule has 2 heterocycles. The van der Waals surface area contributed by atoms with Crippen LogP contribution in [0.4, 0.5) is 0 Å². The fourth-order valence-corrected chi connectivity index (χ4v) is 1.21. The van der Waals surface area contributed by atoms with Crippen molar-refractivity contribution in [3.05, 3.63) is 29.0 Å². The van der Waals surface area contributed by atoms with Gasteiger partial charge in [0.1, 0.15) is 10.8 Å². The molecule has 2 aromatic rings. The van der Waals surface area contributed by atoms with Crippen molar-refractivity contribution in [3.63, 3.8) is 0 Å². The van der Waals surface area contributed by atoms with Crippen molar-refractivity contribution in [3.8, 4) is 0 Å². The zero-order valence-electron chi connectivity index (χ0n) is 6.04. The summed E-state index contributed by atoms with van der Waals surface area (Å²) in [7, 11) is 0. The molecule has 0 saturated heterocycles. The molecule has 0 unspecified atom stereocenters. The Hall–Kier alpha value is -1.35. The average molecular weight is 181 g/mol. The highest BCUT2D eigenvalue weighted by Crippen LogP contribution is 2.14. The standard InChI is InChI=1S/C8H5ClN2O/c9-7-2-1-5-3-6(4-12)10-8(5)11-7/h1-4H,(H,10,11). The zero-order valence-corrected chi connectivity index (χ0v) is 6.80. The van der Waals surface area contributed by atoms with Gasteiger partial charge < -0.3 is 4.98 Å². The number of hydrogen-bond acceptors (Lipinski definition) is 2. The van der Waals surface area contributed by atoms with Gasteiger partial charge in [0, 0.05) is 5.39 Å². The number of carbonyl (C=O) groups excluding carboxylic acids is 1. The molecule has 0 atom stereocenters. The summed E-state index contributed by atoms with van der Waals surface area (Å²) in [4.78, 5) is 17.2. The third kappa shape index (κ3) is 1.08. The minimum absolute atomic E-state index is 0.418. The van der Waals surface area contributed by atoms with Crippen LogP contribution < -0.4 is 0 Å². The molecule has 0 aliphatic carbocycles. The third-order valence-corrected chi connectivity index (χ3v) is 1.80. The van der Waals surface area contributed by atoms with Crippen LogP contribution >= 0.6 is 11.6 Å². The molecule has 0 aromatic carbocycles. The summed E-state index contributed by atoms with van der Waals surface area (Å²) in [5.74, 6) is 0. The normalized spacial score (nSPS) is 10.4. The van der Waals surface area contributed by atoms with E-state index in [0.29, 0.717) is 16.5 Å². The quantitative estimate of drug-likeness (QED) is 0.539. The first-order chi connectivity index (χ1) is 5.79. The van der Waals surface area contributed by atoms with E-state index in [1.807, 2.05) is 6.07 Å². The van der Waals surface area contributed by atoms with Crippen molar-refractivity contribution in [2.75, 3.05) is 0 Å². The number of H-pyrrole nitrogens is 1. The van der Waals surface area contributed by atoms with E-state index in [9.17, 15) is 4.79 Å². The van der Waals surface area contributed by atoms with E-state index < -0.39 is 0 Å². The second kappa shape index (κ2) is 2.60. The molecule has 2 aromatic heterocycles. The van der Waals surface area contributed by atoms with Crippen molar-refractivity contribution in [2.24, 2.45) is 0 Å². The molecule has 1 N–H and O–H groups in total. The number of aldehydes is 1. The van der Waals surface area contributed by atoms with Crippen molar-refractivity contribution >= 4 is 28.9 Å². The molecule has 12 heavy (non-hydrogen) atoms. The van der Waals surface area contributed by atoms with Crippen LogP contribution in [0.15, 0.2) is 18.2 Å². The summed E-state index contributed by atoms with van der Waals surface area (Å²) >= 11 is 5.65. The molecule has 0 aliphatic heterocycles. The van der Waals surface area contributed by atoms with Crippen molar-refractivity contribution in [2.45, 2.75) is 0 Å². The predicted molar refractivity (Wildman–Crippen MR) is 46.5 cm³/mol. The number of nitrogens with one attached hydrogen (secondary N) is 1. The number of nitrogens with zero attached hydrogens (tertiary/aromatic N) is 1. The van der Waals surface area contributed by atoms with Crippen LogP contribution in [-0.4, -0.2) is 16.3 Å². The van der Waals surface area contributed by atoms with E-state index in [0.717, 1.165) is 11.7 Å². The number of halogens is 1. The topological polar surface area (TPSA) is 45.8 Å². The molecule has 2 rings (SSSR count). The number of aromatic nitrogens is 2. The highest BCUT2D eigenvalue weighted by atomic mass is 35.5. The van der Waals surface area contributed by atoms with Gasteiger partial charge in [-0.15, -0.1) is 0 Å². The molecule has 0 radical (unpaired) electrons. The maximum Gasteiger partial charge on any atom is 0.166 e. The largest absolute Gasteiger partial charge is 0.337 e. The Kier molecular flexibility index (Phi) is 1.59. The van der Waals surface area contributed by atoms with Crippen LogP contribution in [0.2, 0.25) is 5.15 Å². The van der Waals surface area contributed by atoms with E-state index in [1.165, 1.54) is 0 Å². The SMILES string of the molecule is O=Cc1cc2ccc(Cl)nc2[nH]1. The molecule has 0 amide bonds. The number of pyridine rings is 1. The van der Waals surface area contributed by atoms with Crippen molar-refractivity contribution in [1.29, 1.82) is 0 Å². The lowest BCUT2D eigenvalue weighted by Crippen LogP contribution is -1.78.